The molecule has 4 aliphatic carbocycles. The Hall–Kier alpha value is 0.180. The molecule has 0 N–H and O–H groups in total. The molecule has 18 heavy (non-hydrogen) atoms. The summed E-state index contributed by atoms with van der Waals surface area (Å²) >= 11 is 7.40. The summed E-state index contributed by atoms with van der Waals surface area (Å²) in [4.78, 5) is 0. The molecule has 4 atom stereocenters. The Morgan fingerprint density at radius 1 is 0.833 bits per heavy atom. The van der Waals surface area contributed by atoms with Crippen molar-refractivity contribution in [2.75, 3.05) is 0 Å². The van der Waals surface area contributed by atoms with Crippen LogP contribution < -0.4 is 0 Å². The first-order valence-electron chi connectivity index (χ1n) is 7.16. The molecule has 4 aliphatic rings. The maximum atomic E-state index is 3.70. The second kappa shape index (κ2) is 3.25. The highest BCUT2D eigenvalue weighted by Gasteiger charge is 2.65. The van der Waals surface area contributed by atoms with E-state index in [1.807, 2.05) is 0 Å². The van der Waals surface area contributed by atoms with Gasteiger partial charge in [-0.05, 0) is 116 Å². The molecule has 0 saturated heterocycles. The molecule has 0 heterocycles. The third kappa shape index (κ3) is 1.10. The molecule has 94 valence electrons. The van der Waals surface area contributed by atoms with Crippen LogP contribution in [0.5, 0.6) is 0 Å². The molecule has 5 rings (SSSR count). The molecule has 1 aromatic carbocycles. The zero-order valence-electron chi connectivity index (χ0n) is 10.3. The van der Waals surface area contributed by atoms with Crippen LogP contribution in [0.1, 0.15) is 55.1 Å². The van der Waals surface area contributed by atoms with Gasteiger partial charge in [-0.2, -0.15) is 0 Å². The summed E-state index contributed by atoms with van der Waals surface area (Å²) in [5.74, 6) is 3.88. The fourth-order valence-electron chi connectivity index (χ4n) is 5.93. The Kier molecular flexibility index (Phi) is 1.97. The molecule has 0 nitrogen and oxygen atoms in total. The van der Waals surface area contributed by atoms with Crippen molar-refractivity contribution in [3.63, 3.8) is 0 Å². The number of halogens is 2. The highest BCUT2D eigenvalue weighted by Crippen LogP contribution is 2.76. The zero-order chi connectivity index (χ0) is 12.1. The van der Waals surface area contributed by atoms with E-state index in [0.29, 0.717) is 0 Å². The van der Waals surface area contributed by atoms with Gasteiger partial charge in [-0.3, -0.25) is 0 Å². The molecule has 0 radical (unpaired) electrons. The van der Waals surface area contributed by atoms with Crippen LogP contribution in [-0.4, -0.2) is 0 Å². The van der Waals surface area contributed by atoms with Gasteiger partial charge in [0.1, 0.15) is 0 Å². The van der Waals surface area contributed by atoms with Crippen LogP contribution in [-0.2, 0) is 0 Å². The molecule has 4 unspecified atom stereocenters. The number of hydrogen-bond donors (Lipinski definition) is 0. The summed E-state index contributed by atoms with van der Waals surface area (Å²) in [7, 11) is 0. The number of hydrogen-bond acceptors (Lipinski definition) is 0. The smallest absolute Gasteiger partial charge is 0.0320 e. The molecule has 3 bridgehead atoms. The quantitative estimate of drug-likeness (QED) is 0.559. The zero-order valence-corrected chi connectivity index (χ0v) is 13.4. The lowest BCUT2D eigenvalue weighted by molar-refractivity contribution is 0.00322. The largest absolute Gasteiger partial charge is 0.0496 e. The standard InChI is InChI=1S/C16H16Br2/c17-14-4-12-8-1-10-3-11-2-9(7-16(10,11)6-8)13(12)5-15(14)18/h4-5,8-11H,1-3,6-7H2. The summed E-state index contributed by atoms with van der Waals surface area (Å²) in [6, 6.07) is 4.84. The summed E-state index contributed by atoms with van der Waals surface area (Å²) in [5.41, 5.74) is 4.15. The van der Waals surface area contributed by atoms with Gasteiger partial charge in [-0.15, -0.1) is 0 Å². The van der Waals surface area contributed by atoms with Crippen molar-refractivity contribution in [1.29, 1.82) is 0 Å². The molecular formula is C16H16Br2. The van der Waals surface area contributed by atoms with E-state index in [1.165, 1.54) is 34.6 Å². The molecule has 3 fully saturated rings. The Morgan fingerprint density at radius 3 is 1.83 bits per heavy atom. The molecule has 1 aromatic rings. The SMILES string of the molecule is Brc1cc2c(cc1Br)C1CC3CC4CC2CC43C1. The van der Waals surface area contributed by atoms with Crippen molar-refractivity contribution in [1.82, 2.24) is 0 Å². The fourth-order valence-corrected chi connectivity index (χ4v) is 6.65. The van der Waals surface area contributed by atoms with Crippen LogP contribution >= 0.6 is 31.9 Å². The Morgan fingerprint density at radius 2 is 1.33 bits per heavy atom. The van der Waals surface area contributed by atoms with E-state index in [1.54, 1.807) is 17.5 Å². The number of benzene rings is 1. The van der Waals surface area contributed by atoms with Crippen LogP contribution in [0, 0.1) is 17.3 Å². The van der Waals surface area contributed by atoms with Crippen LogP contribution in [0.15, 0.2) is 21.1 Å². The van der Waals surface area contributed by atoms with Crippen molar-refractivity contribution in [2.24, 2.45) is 17.3 Å². The van der Waals surface area contributed by atoms with Crippen molar-refractivity contribution < 1.29 is 0 Å². The predicted molar refractivity (Wildman–Crippen MR) is 79.8 cm³/mol. The molecule has 1 spiro atoms. The maximum Gasteiger partial charge on any atom is 0.0320 e. The minimum absolute atomic E-state index is 0.785. The van der Waals surface area contributed by atoms with Gasteiger partial charge in [0.15, 0.2) is 0 Å². The summed E-state index contributed by atoms with van der Waals surface area (Å²) < 4.78 is 2.49. The van der Waals surface area contributed by atoms with Gasteiger partial charge in [0.25, 0.3) is 0 Å². The van der Waals surface area contributed by atoms with E-state index in [0.717, 1.165) is 29.1 Å². The minimum Gasteiger partial charge on any atom is -0.0496 e. The van der Waals surface area contributed by atoms with Crippen LogP contribution in [0.3, 0.4) is 0 Å². The lowest BCUT2D eigenvalue weighted by atomic mass is 9.56. The van der Waals surface area contributed by atoms with Gasteiger partial charge in [-0.1, -0.05) is 0 Å². The van der Waals surface area contributed by atoms with Gasteiger partial charge in [-0.25, -0.2) is 0 Å². The Labute approximate surface area is 125 Å². The maximum absolute atomic E-state index is 3.70. The normalized spacial score (nSPS) is 46.6. The van der Waals surface area contributed by atoms with Crippen molar-refractivity contribution in [3.8, 4) is 0 Å². The third-order valence-corrected chi connectivity index (χ3v) is 8.44. The van der Waals surface area contributed by atoms with Gasteiger partial charge < -0.3 is 0 Å². The first kappa shape index (κ1) is 10.9. The average Bonchev–Trinajstić information content (AvgIpc) is 2.76. The second-order valence-corrected chi connectivity index (χ2v) is 8.74. The summed E-state index contributed by atoms with van der Waals surface area (Å²) in [6.45, 7) is 0. The van der Waals surface area contributed by atoms with E-state index in [2.05, 4.69) is 44.0 Å². The van der Waals surface area contributed by atoms with E-state index in [9.17, 15) is 0 Å². The van der Waals surface area contributed by atoms with Gasteiger partial charge in [0, 0.05) is 8.95 Å². The van der Waals surface area contributed by atoms with Gasteiger partial charge in [0.2, 0.25) is 0 Å². The van der Waals surface area contributed by atoms with E-state index in [-0.39, 0.29) is 0 Å². The van der Waals surface area contributed by atoms with Gasteiger partial charge in [0.05, 0.1) is 0 Å². The van der Waals surface area contributed by atoms with E-state index < -0.39 is 0 Å². The van der Waals surface area contributed by atoms with E-state index >= 15 is 0 Å². The van der Waals surface area contributed by atoms with Crippen molar-refractivity contribution >= 4 is 31.9 Å². The minimum atomic E-state index is 0.785. The molecule has 3 saturated carbocycles. The van der Waals surface area contributed by atoms with Crippen LogP contribution in [0.2, 0.25) is 0 Å². The van der Waals surface area contributed by atoms with Crippen LogP contribution in [0.25, 0.3) is 0 Å². The Bertz CT molecular complexity index is 513. The summed E-state index contributed by atoms with van der Waals surface area (Å²) in [5, 5.41) is 0. The lowest BCUT2D eigenvalue weighted by Gasteiger charge is -2.48. The number of rotatable bonds is 0. The first-order chi connectivity index (χ1) is 8.67. The Balaban J connectivity index is 1.76. The molecule has 0 aliphatic heterocycles. The predicted octanol–water partition coefficient (Wildman–Crippen LogP) is 5.60. The fraction of sp³-hybridized carbons (Fsp3) is 0.625. The monoisotopic (exact) mass is 366 g/mol. The number of fused-ring (bicyclic) bond motifs is 5. The molecule has 0 aromatic heterocycles. The highest BCUT2D eigenvalue weighted by atomic mass is 79.9. The first-order valence-corrected chi connectivity index (χ1v) is 8.75. The van der Waals surface area contributed by atoms with Crippen LogP contribution in [0.4, 0.5) is 0 Å². The topological polar surface area (TPSA) is 0 Å². The highest BCUT2D eigenvalue weighted by molar-refractivity contribution is 9.13. The lowest BCUT2D eigenvalue weighted by Crippen LogP contribution is -2.41. The van der Waals surface area contributed by atoms with Gasteiger partial charge >= 0.3 is 0 Å². The average molecular weight is 368 g/mol. The van der Waals surface area contributed by atoms with Crippen molar-refractivity contribution in [3.05, 3.63) is 32.2 Å². The van der Waals surface area contributed by atoms with Crippen molar-refractivity contribution in [2.45, 2.75) is 43.9 Å². The molecule has 0 amide bonds. The summed E-state index contributed by atoms with van der Waals surface area (Å²) in [6.07, 6.45) is 7.50. The second-order valence-electron chi connectivity index (χ2n) is 7.03. The molecular weight excluding hydrogens is 352 g/mol. The van der Waals surface area contributed by atoms with E-state index in [4.69, 9.17) is 0 Å². The third-order valence-electron chi connectivity index (χ3n) is 6.59. The molecule has 2 heteroatoms.